The number of alkyl carbamates (subject to hydrolysis) is 2. The smallest absolute Gasteiger partial charge is 0.461 e. The quantitative estimate of drug-likeness (QED) is 0.0209. The first-order valence-electron chi connectivity index (χ1n) is 20.2. The van der Waals surface area contributed by atoms with E-state index >= 15 is 0 Å². The van der Waals surface area contributed by atoms with Crippen LogP contribution in [0.5, 0.6) is 0 Å². The van der Waals surface area contributed by atoms with Crippen LogP contribution < -0.4 is 10.6 Å². The molecule has 0 aromatic carbocycles. The summed E-state index contributed by atoms with van der Waals surface area (Å²) >= 11 is 0. The van der Waals surface area contributed by atoms with Gasteiger partial charge in [-0.05, 0) is 19.3 Å². The van der Waals surface area contributed by atoms with Crippen LogP contribution in [0.1, 0.15) is 161 Å². The Labute approximate surface area is 312 Å². The van der Waals surface area contributed by atoms with Gasteiger partial charge in [-0.2, -0.15) is 0 Å². The molecule has 0 bridgehead atoms. The minimum Gasteiger partial charge on any atom is -0.461 e. The van der Waals surface area contributed by atoms with Crippen molar-refractivity contribution in [3.63, 3.8) is 0 Å². The van der Waals surface area contributed by atoms with Crippen LogP contribution in [-0.2, 0) is 32.3 Å². The molecule has 0 aliphatic carbocycles. The Balaban J connectivity index is 3.24. The van der Waals surface area contributed by atoms with Gasteiger partial charge in [0, 0.05) is 40.0 Å². The molecule has 0 heterocycles. The van der Waals surface area contributed by atoms with Crippen molar-refractivity contribution < 1.29 is 41.9 Å². The fraction of sp³-hybridized carbons (Fsp3) is 0.872. The molecule has 2 N–H and O–H groups in total. The summed E-state index contributed by atoms with van der Waals surface area (Å²) in [6.07, 6.45) is 31.8. The van der Waals surface area contributed by atoms with Crippen LogP contribution in [0.15, 0.2) is 12.7 Å². The van der Waals surface area contributed by atoms with Crippen molar-refractivity contribution in [2.75, 3.05) is 54.2 Å². The highest BCUT2D eigenvalue weighted by atomic mass is 28.4. The van der Waals surface area contributed by atoms with Gasteiger partial charge in [-0.1, -0.05) is 148 Å². The standard InChI is InChI=1S/C39H76N2O9Si/c1-5-37(42)48-35-32-41-39(44)50-34-29-27-25-23-21-19-17-15-13-11-9-7-6-8-10-12-14-16-18-20-22-24-26-28-33-49-38(43)40-31-30-36-51(45-2,46-3)47-4/h5H,1,6-36H2,2-4H3,(H,40,43)(H,41,44). The molecule has 0 aliphatic heterocycles. The molecule has 0 radical (unpaired) electrons. The first-order valence-corrected chi connectivity index (χ1v) is 22.1. The molecule has 0 atom stereocenters. The van der Waals surface area contributed by atoms with Crippen molar-refractivity contribution in [1.29, 1.82) is 0 Å². The Morgan fingerprint density at radius 2 is 0.765 bits per heavy atom. The van der Waals surface area contributed by atoms with Crippen molar-refractivity contribution in [3.8, 4) is 0 Å². The number of nitrogens with one attached hydrogen (secondary N) is 2. The number of hydrogen-bond donors (Lipinski definition) is 2. The Morgan fingerprint density at radius 3 is 1.08 bits per heavy atom. The molecule has 2 amide bonds. The molecule has 0 saturated heterocycles. The summed E-state index contributed by atoms with van der Waals surface area (Å²) in [5, 5.41) is 5.34. The molecule has 0 unspecified atom stereocenters. The molecular formula is C39H76N2O9Si. The second kappa shape index (κ2) is 37.6. The lowest BCUT2D eigenvalue weighted by Crippen LogP contribution is -2.43. The van der Waals surface area contributed by atoms with Gasteiger partial charge in [-0.25, -0.2) is 14.4 Å². The molecular weight excluding hydrogens is 669 g/mol. The first-order chi connectivity index (χ1) is 24.9. The van der Waals surface area contributed by atoms with E-state index < -0.39 is 20.9 Å². The van der Waals surface area contributed by atoms with E-state index in [4.69, 9.17) is 27.5 Å². The van der Waals surface area contributed by atoms with Crippen LogP contribution in [0.4, 0.5) is 9.59 Å². The van der Waals surface area contributed by atoms with Crippen LogP contribution in [0, 0.1) is 0 Å². The van der Waals surface area contributed by atoms with Crippen molar-refractivity contribution >= 4 is 27.0 Å². The predicted octanol–water partition coefficient (Wildman–Crippen LogP) is 9.80. The van der Waals surface area contributed by atoms with Crippen LogP contribution in [0.3, 0.4) is 0 Å². The van der Waals surface area contributed by atoms with Crippen LogP contribution in [0.25, 0.3) is 0 Å². The lowest BCUT2D eigenvalue weighted by atomic mass is 10.0. The Morgan fingerprint density at radius 1 is 0.451 bits per heavy atom. The lowest BCUT2D eigenvalue weighted by molar-refractivity contribution is -0.137. The molecule has 51 heavy (non-hydrogen) atoms. The molecule has 0 saturated carbocycles. The zero-order valence-electron chi connectivity index (χ0n) is 32.9. The molecule has 300 valence electrons. The van der Waals surface area contributed by atoms with Crippen molar-refractivity contribution in [2.45, 2.75) is 167 Å². The lowest BCUT2D eigenvalue weighted by Gasteiger charge is -2.24. The largest absolute Gasteiger partial charge is 0.500 e. The topological polar surface area (TPSA) is 131 Å². The fourth-order valence-electron chi connectivity index (χ4n) is 5.94. The van der Waals surface area contributed by atoms with E-state index in [1.165, 1.54) is 128 Å². The number of carbonyl (C=O) groups is 3. The minimum absolute atomic E-state index is 0.113. The Bertz CT molecular complexity index is 822. The maximum atomic E-state index is 11.8. The van der Waals surface area contributed by atoms with Crippen molar-refractivity contribution in [1.82, 2.24) is 10.6 Å². The van der Waals surface area contributed by atoms with E-state index in [1.807, 2.05) is 0 Å². The fourth-order valence-corrected chi connectivity index (χ4v) is 7.66. The maximum Gasteiger partial charge on any atom is 0.500 e. The number of rotatable bonds is 38. The van der Waals surface area contributed by atoms with E-state index in [-0.39, 0.29) is 19.2 Å². The van der Waals surface area contributed by atoms with Gasteiger partial charge in [0.15, 0.2) is 0 Å². The van der Waals surface area contributed by atoms with E-state index in [1.54, 1.807) is 21.3 Å². The van der Waals surface area contributed by atoms with Gasteiger partial charge < -0.3 is 38.1 Å². The number of ether oxygens (including phenoxy) is 3. The summed E-state index contributed by atoms with van der Waals surface area (Å²) in [7, 11) is 2.21. The third-order valence-electron chi connectivity index (χ3n) is 9.15. The van der Waals surface area contributed by atoms with Gasteiger partial charge >= 0.3 is 27.0 Å². The van der Waals surface area contributed by atoms with E-state index in [0.29, 0.717) is 25.8 Å². The SMILES string of the molecule is C=CC(=O)OCCNC(=O)OCCCCCCCCCCCCCCCCCCCCCCCCCCOC(=O)NCCC[Si](OC)(OC)OC. The second-order valence-electron chi connectivity index (χ2n) is 13.4. The molecule has 0 aromatic heterocycles. The van der Waals surface area contributed by atoms with Gasteiger partial charge in [0.2, 0.25) is 0 Å². The summed E-state index contributed by atoms with van der Waals surface area (Å²) in [6, 6.07) is 0.650. The van der Waals surface area contributed by atoms with Crippen LogP contribution >= 0.6 is 0 Å². The zero-order chi connectivity index (χ0) is 37.5. The molecule has 0 aromatic rings. The average molecular weight is 745 g/mol. The molecule has 0 rings (SSSR count). The van der Waals surface area contributed by atoms with Crippen LogP contribution in [-0.4, -0.2) is 81.2 Å². The summed E-state index contributed by atoms with van der Waals surface area (Å²) in [6.45, 7) is 5.08. The maximum absolute atomic E-state index is 11.8. The van der Waals surface area contributed by atoms with E-state index in [9.17, 15) is 14.4 Å². The summed E-state index contributed by atoms with van der Waals surface area (Å²) in [4.78, 5) is 34.3. The van der Waals surface area contributed by atoms with Gasteiger partial charge in [-0.3, -0.25) is 0 Å². The zero-order valence-corrected chi connectivity index (χ0v) is 33.9. The van der Waals surface area contributed by atoms with Crippen molar-refractivity contribution in [2.24, 2.45) is 0 Å². The molecule has 0 aliphatic rings. The number of amides is 2. The molecule has 0 spiro atoms. The Hall–Kier alpha value is -2.15. The predicted molar refractivity (Wildman–Crippen MR) is 207 cm³/mol. The average Bonchev–Trinajstić information content (AvgIpc) is 3.14. The highest BCUT2D eigenvalue weighted by Gasteiger charge is 2.36. The molecule has 12 heteroatoms. The number of unbranched alkanes of at least 4 members (excludes halogenated alkanes) is 23. The van der Waals surface area contributed by atoms with Crippen LogP contribution in [0.2, 0.25) is 6.04 Å². The first kappa shape index (κ1) is 48.8. The van der Waals surface area contributed by atoms with E-state index in [0.717, 1.165) is 38.2 Å². The van der Waals surface area contributed by atoms with Gasteiger partial charge in [0.1, 0.15) is 6.61 Å². The summed E-state index contributed by atoms with van der Waals surface area (Å²) in [5.41, 5.74) is 0. The van der Waals surface area contributed by atoms with Crippen molar-refractivity contribution in [3.05, 3.63) is 12.7 Å². The minimum atomic E-state index is -2.57. The highest BCUT2D eigenvalue weighted by molar-refractivity contribution is 6.60. The Kier molecular flexibility index (Phi) is 36.0. The third kappa shape index (κ3) is 33.4. The van der Waals surface area contributed by atoms with E-state index in [2.05, 4.69) is 17.2 Å². The molecule has 0 fully saturated rings. The monoisotopic (exact) mass is 745 g/mol. The normalized spacial score (nSPS) is 11.3. The number of carbonyl (C=O) groups excluding carboxylic acids is 3. The van der Waals surface area contributed by atoms with Gasteiger partial charge in [0.05, 0.1) is 19.8 Å². The number of hydrogen-bond acceptors (Lipinski definition) is 9. The van der Waals surface area contributed by atoms with Gasteiger partial charge in [-0.15, -0.1) is 0 Å². The third-order valence-corrected chi connectivity index (χ3v) is 12.0. The highest BCUT2D eigenvalue weighted by Crippen LogP contribution is 2.16. The number of esters is 1. The van der Waals surface area contributed by atoms with Gasteiger partial charge in [0.25, 0.3) is 0 Å². The second-order valence-corrected chi connectivity index (χ2v) is 16.5. The molecule has 11 nitrogen and oxygen atoms in total. The summed E-state index contributed by atoms with van der Waals surface area (Å²) < 4.78 is 31.3. The summed E-state index contributed by atoms with van der Waals surface area (Å²) in [5.74, 6) is -0.499.